The minimum atomic E-state index is -1.03. The lowest BCUT2D eigenvalue weighted by molar-refractivity contribution is -0.0635. The van der Waals surface area contributed by atoms with Gasteiger partial charge in [0.05, 0.1) is 18.1 Å². The average Bonchev–Trinajstić information content (AvgIpc) is 3.59. The van der Waals surface area contributed by atoms with E-state index in [1.165, 1.54) is 38.5 Å². The van der Waals surface area contributed by atoms with Crippen LogP contribution in [0.25, 0.3) is 28.2 Å². The maximum atomic E-state index is 12.6. The number of pyridine rings is 2. The van der Waals surface area contributed by atoms with Crippen LogP contribution in [0, 0.1) is 23.2 Å². The summed E-state index contributed by atoms with van der Waals surface area (Å²) in [4.78, 5) is 21.3. The number of hydrogen-bond donors (Lipinski definition) is 2. The molecule has 0 aromatic carbocycles. The van der Waals surface area contributed by atoms with E-state index in [9.17, 15) is 9.90 Å². The van der Waals surface area contributed by atoms with Gasteiger partial charge in [0.2, 0.25) is 0 Å². The molecule has 0 aliphatic heterocycles. The third kappa shape index (κ3) is 4.25. The molecule has 0 atom stereocenters. The maximum Gasteiger partial charge on any atom is 0.340 e. The van der Waals surface area contributed by atoms with Crippen molar-refractivity contribution < 1.29 is 9.90 Å². The second-order valence-electron chi connectivity index (χ2n) is 12.2. The molecule has 5 heterocycles. The predicted molar refractivity (Wildman–Crippen MR) is 153 cm³/mol. The fourth-order valence-electron chi connectivity index (χ4n) is 8.21. The molecule has 0 spiro atoms. The van der Waals surface area contributed by atoms with Crippen molar-refractivity contribution in [2.24, 2.45) is 23.2 Å². The number of hydrogen-bond acceptors (Lipinski definition) is 7. The van der Waals surface area contributed by atoms with E-state index in [2.05, 4.69) is 25.5 Å². The van der Waals surface area contributed by atoms with Gasteiger partial charge in [-0.1, -0.05) is 6.07 Å². The number of carboxylic acid groups (broad SMARTS) is 1. The Bertz CT molecular complexity index is 1720. The van der Waals surface area contributed by atoms with Gasteiger partial charge < -0.3 is 10.4 Å². The summed E-state index contributed by atoms with van der Waals surface area (Å²) in [5.74, 6) is 2.84. The standard InChI is InChI=1S/C31H30N8O2/c40-30(41)28-23(22-15-34-38(17-22)18-31-12-19-9-20(13-31)11-21(10-19)14-31)6-8-39-25(16-33-29(28)39)24-4-5-27(37-36-24)35-26-3-1-2-7-32-26/h1-8,15-17,19-21H,9-14,18H2,(H,40,41)(H,32,35,37). The van der Waals surface area contributed by atoms with Crippen molar-refractivity contribution in [1.82, 2.24) is 34.3 Å². The first-order valence-electron chi connectivity index (χ1n) is 14.3. The zero-order valence-corrected chi connectivity index (χ0v) is 22.5. The number of carbonyl (C=O) groups is 1. The lowest BCUT2D eigenvalue weighted by atomic mass is 9.49. The smallest absolute Gasteiger partial charge is 0.340 e. The average molecular weight is 547 g/mol. The second kappa shape index (κ2) is 9.22. The van der Waals surface area contributed by atoms with Crippen LogP contribution >= 0.6 is 0 Å². The number of fused-ring (bicyclic) bond motifs is 1. The van der Waals surface area contributed by atoms with E-state index in [-0.39, 0.29) is 5.56 Å². The minimum absolute atomic E-state index is 0.148. The van der Waals surface area contributed by atoms with Crippen LogP contribution in [0.15, 0.2) is 67.4 Å². The van der Waals surface area contributed by atoms with E-state index in [1.807, 2.05) is 47.4 Å². The summed E-state index contributed by atoms with van der Waals surface area (Å²) in [7, 11) is 0. The van der Waals surface area contributed by atoms with Crippen molar-refractivity contribution in [1.29, 1.82) is 0 Å². The van der Waals surface area contributed by atoms with E-state index in [0.717, 1.165) is 29.9 Å². The van der Waals surface area contributed by atoms with Gasteiger partial charge in [0.15, 0.2) is 11.5 Å². The number of anilines is 2. The number of nitrogens with one attached hydrogen (secondary N) is 1. The van der Waals surface area contributed by atoms with Crippen molar-refractivity contribution >= 4 is 23.3 Å². The van der Waals surface area contributed by atoms with Gasteiger partial charge in [0, 0.05) is 36.3 Å². The molecule has 9 rings (SSSR count). The van der Waals surface area contributed by atoms with Gasteiger partial charge in [0.25, 0.3) is 0 Å². The number of carboxylic acids is 1. The number of aromatic nitrogens is 7. The molecular formula is C31H30N8O2. The lowest BCUT2D eigenvalue weighted by Crippen LogP contribution is -2.47. The lowest BCUT2D eigenvalue weighted by Gasteiger charge is -2.56. The molecule has 4 aliphatic carbocycles. The summed E-state index contributed by atoms with van der Waals surface area (Å²) in [6.07, 6.45) is 17.1. The van der Waals surface area contributed by atoms with Crippen LogP contribution in [0.5, 0.6) is 0 Å². The third-order valence-electron chi connectivity index (χ3n) is 9.35. The summed E-state index contributed by atoms with van der Waals surface area (Å²) in [5.41, 5.74) is 3.49. The van der Waals surface area contributed by atoms with E-state index in [4.69, 9.17) is 5.10 Å². The Morgan fingerprint density at radius 1 is 0.951 bits per heavy atom. The van der Waals surface area contributed by atoms with Crippen LogP contribution in [0.2, 0.25) is 0 Å². The molecule has 4 aliphatic rings. The maximum absolute atomic E-state index is 12.6. The molecule has 4 fully saturated rings. The monoisotopic (exact) mass is 546 g/mol. The van der Waals surface area contributed by atoms with Crippen molar-refractivity contribution in [3.8, 4) is 22.5 Å². The van der Waals surface area contributed by atoms with E-state index >= 15 is 0 Å². The first-order valence-corrected chi connectivity index (χ1v) is 14.3. The molecule has 4 saturated carbocycles. The van der Waals surface area contributed by atoms with E-state index in [1.54, 1.807) is 29.1 Å². The predicted octanol–water partition coefficient (Wildman–Crippen LogP) is 5.71. The SMILES string of the molecule is O=C(O)c1c(-c2cnn(CC34CC5CC(CC(C5)C3)C4)c2)ccn2c(-c3ccc(Nc4ccccn4)nn3)cnc12. The molecular weight excluding hydrogens is 516 g/mol. The number of rotatable bonds is 7. The molecule has 4 bridgehead atoms. The van der Waals surface area contributed by atoms with Crippen LogP contribution in [-0.2, 0) is 6.54 Å². The van der Waals surface area contributed by atoms with Gasteiger partial charge in [0.1, 0.15) is 17.1 Å². The first kappa shape index (κ1) is 24.2. The summed E-state index contributed by atoms with van der Waals surface area (Å²) in [6, 6.07) is 11.0. The van der Waals surface area contributed by atoms with Gasteiger partial charge in [-0.3, -0.25) is 9.08 Å². The number of nitrogens with zero attached hydrogens (tertiary/aromatic N) is 7. The van der Waals surface area contributed by atoms with Crippen LogP contribution < -0.4 is 5.32 Å². The van der Waals surface area contributed by atoms with Crippen LogP contribution in [-0.4, -0.2) is 45.4 Å². The highest BCUT2D eigenvalue weighted by molar-refractivity contribution is 6.02. The normalized spacial score (nSPS) is 24.6. The van der Waals surface area contributed by atoms with Crippen LogP contribution in [0.1, 0.15) is 48.9 Å². The highest BCUT2D eigenvalue weighted by Crippen LogP contribution is 2.60. The number of imidazole rings is 1. The Labute approximate surface area is 236 Å². The Balaban J connectivity index is 1.08. The van der Waals surface area contributed by atoms with E-state index in [0.29, 0.717) is 39.6 Å². The van der Waals surface area contributed by atoms with Gasteiger partial charge >= 0.3 is 5.97 Å². The topological polar surface area (TPSA) is 123 Å². The van der Waals surface area contributed by atoms with E-state index < -0.39 is 5.97 Å². The van der Waals surface area contributed by atoms with Gasteiger partial charge in [-0.05, 0) is 92.0 Å². The summed E-state index contributed by atoms with van der Waals surface area (Å²) in [6.45, 7) is 0.915. The Morgan fingerprint density at radius 3 is 2.44 bits per heavy atom. The molecule has 5 aromatic rings. The Kier molecular flexibility index (Phi) is 5.45. The molecule has 0 unspecified atom stereocenters. The molecule has 10 nitrogen and oxygen atoms in total. The third-order valence-corrected chi connectivity index (χ3v) is 9.35. The zero-order chi connectivity index (χ0) is 27.6. The molecule has 5 aromatic heterocycles. The Hall–Kier alpha value is -4.60. The highest BCUT2D eigenvalue weighted by atomic mass is 16.4. The van der Waals surface area contributed by atoms with Crippen molar-refractivity contribution in [3.63, 3.8) is 0 Å². The largest absolute Gasteiger partial charge is 0.478 e. The molecule has 206 valence electrons. The fraction of sp³-hybridized carbons (Fsp3) is 0.355. The van der Waals surface area contributed by atoms with Gasteiger partial charge in [-0.2, -0.15) is 5.10 Å². The highest BCUT2D eigenvalue weighted by Gasteiger charge is 2.51. The quantitative estimate of drug-likeness (QED) is 0.266. The van der Waals surface area contributed by atoms with Crippen LogP contribution in [0.3, 0.4) is 0 Å². The molecule has 10 heteroatoms. The fourth-order valence-corrected chi connectivity index (χ4v) is 8.21. The molecule has 0 amide bonds. The minimum Gasteiger partial charge on any atom is -0.478 e. The second-order valence-corrected chi connectivity index (χ2v) is 12.2. The summed E-state index contributed by atoms with van der Waals surface area (Å²) >= 11 is 0. The van der Waals surface area contributed by atoms with Gasteiger partial charge in [-0.25, -0.2) is 14.8 Å². The first-order chi connectivity index (χ1) is 20.0. The van der Waals surface area contributed by atoms with Crippen molar-refractivity contribution in [3.05, 3.63) is 72.9 Å². The van der Waals surface area contributed by atoms with Gasteiger partial charge in [-0.15, -0.1) is 10.2 Å². The summed E-state index contributed by atoms with van der Waals surface area (Å²) < 4.78 is 3.80. The zero-order valence-electron chi connectivity index (χ0n) is 22.5. The molecule has 0 saturated heterocycles. The van der Waals surface area contributed by atoms with Crippen LogP contribution in [0.4, 0.5) is 11.6 Å². The molecule has 2 N–H and O–H groups in total. The Morgan fingerprint density at radius 2 is 1.76 bits per heavy atom. The molecule has 0 radical (unpaired) electrons. The van der Waals surface area contributed by atoms with Crippen molar-refractivity contribution in [2.45, 2.75) is 45.1 Å². The molecule has 41 heavy (non-hydrogen) atoms. The summed E-state index contributed by atoms with van der Waals surface area (Å²) in [5, 5.41) is 26.7. The number of aromatic carboxylic acids is 1. The van der Waals surface area contributed by atoms with Crippen molar-refractivity contribution in [2.75, 3.05) is 5.32 Å².